The van der Waals surface area contributed by atoms with Crippen LogP contribution in [0.3, 0.4) is 0 Å². The van der Waals surface area contributed by atoms with E-state index in [0.717, 1.165) is 0 Å². The summed E-state index contributed by atoms with van der Waals surface area (Å²) in [5, 5.41) is 12.7. The lowest BCUT2D eigenvalue weighted by Crippen LogP contribution is -2.44. The van der Waals surface area contributed by atoms with Gasteiger partial charge in [0.2, 0.25) is 5.91 Å². The first-order valence-corrected chi connectivity index (χ1v) is 7.04. The van der Waals surface area contributed by atoms with Crippen molar-refractivity contribution in [3.63, 3.8) is 0 Å². The maximum Gasteiger partial charge on any atom is 0.246 e. The van der Waals surface area contributed by atoms with Crippen LogP contribution in [0.2, 0.25) is 0 Å². The van der Waals surface area contributed by atoms with Crippen LogP contribution in [0.25, 0.3) is 0 Å². The number of amides is 1. The smallest absolute Gasteiger partial charge is 0.246 e. The fraction of sp³-hybridized carbons (Fsp3) is 0.533. The average Bonchev–Trinajstić information content (AvgIpc) is 2.81. The van der Waals surface area contributed by atoms with Gasteiger partial charge in [-0.05, 0) is 6.07 Å². The van der Waals surface area contributed by atoms with Crippen LogP contribution in [-0.2, 0) is 16.1 Å². The first kappa shape index (κ1) is 16.7. The minimum Gasteiger partial charge on any atom is -0.497 e. The van der Waals surface area contributed by atoms with Gasteiger partial charge < -0.3 is 19.9 Å². The number of aliphatic hydroxyl groups excluding tert-OH is 1. The molecule has 1 fully saturated rings. The quantitative estimate of drug-likeness (QED) is 0.782. The number of nitrogens with one attached hydrogen (secondary N) is 1. The Labute approximate surface area is 128 Å². The van der Waals surface area contributed by atoms with Crippen molar-refractivity contribution in [2.45, 2.75) is 18.7 Å². The van der Waals surface area contributed by atoms with Gasteiger partial charge in [-0.2, -0.15) is 0 Å². The number of nitrogens with zero attached hydrogens (tertiary/aromatic N) is 1. The molecule has 1 aromatic rings. The zero-order valence-corrected chi connectivity index (χ0v) is 12.7. The van der Waals surface area contributed by atoms with E-state index < -0.39 is 6.10 Å². The molecule has 0 spiro atoms. The Hall–Kier alpha value is -1.70. The Morgan fingerprint density at radius 2 is 2.23 bits per heavy atom. The number of halogens is 1. The van der Waals surface area contributed by atoms with Crippen LogP contribution in [-0.4, -0.2) is 62.0 Å². The Morgan fingerprint density at radius 3 is 2.86 bits per heavy atom. The molecular weight excluding hydrogens is 291 g/mol. The summed E-state index contributed by atoms with van der Waals surface area (Å²) in [6, 6.07) is 4.32. The van der Waals surface area contributed by atoms with Gasteiger partial charge in [0.15, 0.2) is 0 Å². The molecule has 122 valence electrons. The summed E-state index contributed by atoms with van der Waals surface area (Å²) in [4.78, 5) is 13.4. The number of carbonyl (C=O) groups excluding carboxylic acids is 1. The number of rotatable bonds is 6. The summed E-state index contributed by atoms with van der Waals surface area (Å²) in [6.45, 7) is 1.16. The number of methoxy groups -OCH3 is 2. The van der Waals surface area contributed by atoms with Crippen molar-refractivity contribution < 1.29 is 23.8 Å². The zero-order chi connectivity index (χ0) is 16.1. The molecule has 0 unspecified atom stereocenters. The Kier molecular flexibility index (Phi) is 5.70. The number of hydrogen-bond acceptors (Lipinski definition) is 5. The highest BCUT2D eigenvalue weighted by molar-refractivity contribution is 5.77. The summed E-state index contributed by atoms with van der Waals surface area (Å²) in [5.74, 6) is -0.155. The van der Waals surface area contributed by atoms with E-state index in [-0.39, 0.29) is 24.4 Å². The molecule has 1 saturated heterocycles. The second-order valence-electron chi connectivity index (χ2n) is 5.33. The van der Waals surface area contributed by atoms with Crippen molar-refractivity contribution >= 4 is 5.91 Å². The predicted molar refractivity (Wildman–Crippen MR) is 78.0 cm³/mol. The van der Waals surface area contributed by atoms with Crippen LogP contribution in [0.5, 0.6) is 5.75 Å². The molecule has 0 aromatic heterocycles. The first-order chi connectivity index (χ1) is 10.5. The van der Waals surface area contributed by atoms with E-state index in [0.29, 0.717) is 30.9 Å². The largest absolute Gasteiger partial charge is 0.497 e. The van der Waals surface area contributed by atoms with Crippen LogP contribution >= 0.6 is 0 Å². The lowest BCUT2D eigenvalue weighted by molar-refractivity contribution is -0.125. The Balaban J connectivity index is 1.93. The van der Waals surface area contributed by atoms with Gasteiger partial charge in [-0.3, -0.25) is 9.69 Å². The van der Waals surface area contributed by atoms with Crippen LogP contribution < -0.4 is 10.1 Å². The van der Waals surface area contributed by atoms with Crippen molar-refractivity contribution in [1.82, 2.24) is 10.2 Å². The molecule has 1 aliphatic heterocycles. The highest BCUT2D eigenvalue weighted by Gasteiger charge is 2.32. The van der Waals surface area contributed by atoms with E-state index >= 15 is 0 Å². The van der Waals surface area contributed by atoms with Crippen LogP contribution in [0, 0.1) is 5.82 Å². The minimum absolute atomic E-state index is 0.0453. The van der Waals surface area contributed by atoms with Gasteiger partial charge in [0.05, 0.1) is 19.3 Å². The molecule has 22 heavy (non-hydrogen) atoms. The molecule has 0 aliphatic carbocycles. The third kappa shape index (κ3) is 4.16. The molecule has 1 heterocycles. The summed E-state index contributed by atoms with van der Waals surface area (Å²) < 4.78 is 23.6. The molecule has 2 atom stereocenters. The Morgan fingerprint density at radius 1 is 1.45 bits per heavy atom. The van der Waals surface area contributed by atoms with E-state index in [1.807, 2.05) is 4.90 Å². The number of likely N-dealkylation sites (tertiary alicyclic amines) is 1. The third-order valence-corrected chi connectivity index (χ3v) is 3.64. The molecule has 0 saturated carbocycles. The molecule has 6 nitrogen and oxygen atoms in total. The molecule has 2 N–H and O–H groups in total. The van der Waals surface area contributed by atoms with E-state index in [4.69, 9.17) is 9.47 Å². The summed E-state index contributed by atoms with van der Waals surface area (Å²) in [7, 11) is 2.92. The van der Waals surface area contributed by atoms with Crippen molar-refractivity contribution in [3.05, 3.63) is 29.6 Å². The fourth-order valence-electron chi connectivity index (χ4n) is 2.54. The van der Waals surface area contributed by atoms with Gasteiger partial charge in [-0.1, -0.05) is 6.07 Å². The van der Waals surface area contributed by atoms with Crippen molar-refractivity contribution in [3.8, 4) is 5.75 Å². The summed E-state index contributed by atoms with van der Waals surface area (Å²) in [5.41, 5.74) is 0.525. The molecule has 0 bridgehead atoms. The SMILES string of the molecule is COCC(=O)N[C@@H]1CN(Cc2ccc(OC)cc2F)C[C@H]1O. The van der Waals surface area contributed by atoms with Crippen molar-refractivity contribution in [1.29, 1.82) is 0 Å². The van der Waals surface area contributed by atoms with Crippen molar-refractivity contribution in [2.75, 3.05) is 33.9 Å². The summed E-state index contributed by atoms with van der Waals surface area (Å²) >= 11 is 0. The summed E-state index contributed by atoms with van der Waals surface area (Å²) in [6.07, 6.45) is -0.679. The topological polar surface area (TPSA) is 71.0 Å². The number of hydrogen-bond donors (Lipinski definition) is 2. The van der Waals surface area contributed by atoms with Crippen molar-refractivity contribution in [2.24, 2.45) is 0 Å². The monoisotopic (exact) mass is 312 g/mol. The normalized spacial score (nSPS) is 21.8. The van der Waals surface area contributed by atoms with Gasteiger partial charge in [0.25, 0.3) is 0 Å². The second-order valence-corrected chi connectivity index (χ2v) is 5.33. The number of β-amino-alcohol motifs (C(OH)–C–C–N with tert-alkyl or cyclic N) is 1. The number of benzene rings is 1. The maximum absolute atomic E-state index is 13.9. The highest BCUT2D eigenvalue weighted by Crippen LogP contribution is 2.20. The fourth-order valence-corrected chi connectivity index (χ4v) is 2.54. The van der Waals surface area contributed by atoms with E-state index in [1.165, 1.54) is 20.3 Å². The van der Waals surface area contributed by atoms with Gasteiger partial charge in [-0.15, -0.1) is 0 Å². The molecule has 1 aromatic carbocycles. The van der Waals surface area contributed by atoms with Crippen LogP contribution in [0.1, 0.15) is 5.56 Å². The zero-order valence-electron chi connectivity index (χ0n) is 12.7. The van der Waals surface area contributed by atoms with Gasteiger partial charge in [0.1, 0.15) is 18.2 Å². The average molecular weight is 312 g/mol. The molecule has 1 aliphatic rings. The molecule has 2 rings (SSSR count). The second kappa shape index (κ2) is 7.53. The molecular formula is C15H21FN2O4. The number of aliphatic hydroxyl groups is 1. The standard InChI is InChI=1S/C15H21FN2O4/c1-21-9-15(20)17-13-7-18(8-14(13)19)6-10-3-4-11(22-2)5-12(10)16/h3-5,13-14,19H,6-9H2,1-2H3,(H,17,20)/t13-,14-/m1/s1. The molecule has 0 radical (unpaired) electrons. The Bertz CT molecular complexity index is 526. The predicted octanol–water partition coefficient (Wildman–Crippen LogP) is 0.142. The molecule has 7 heteroatoms. The van der Waals surface area contributed by atoms with Gasteiger partial charge >= 0.3 is 0 Å². The van der Waals surface area contributed by atoms with E-state index in [2.05, 4.69) is 5.32 Å². The van der Waals surface area contributed by atoms with E-state index in [1.54, 1.807) is 12.1 Å². The highest BCUT2D eigenvalue weighted by atomic mass is 19.1. The number of carbonyl (C=O) groups is 1. The van der Waals surface area contributed by atoms with Gasteiger partial charge in [0, 0.05) is 38.4 Å². The first-order valence-electron chi connectivity index (χ1n) is 7.04. The lowest BCUT2D eigenvalue weighted by atomic mass is 10.2. The minimum atomic E-state index is -0.679. The van der Waals surface area contributed by atoms with Gasteiger partial charge in [-0.25, -0.2) is 4.39 Å². The third-order valence-electron chi connectivity index (χ3n) is 3.64. The maximum atomic E-state index is 13.9. The van der Waals surface area contributed by atoms with Crippen LogP contribution in [0.15, 0.2) is 18.2 Å². The van der Waals surface area contributed by atoms with Crippen LogP contribution in [0.4, 0.5) is 4.39 Å². The lowest BCUT2D eigenvalue weighted by Gasteiger charge is -2.17. The number of ether oxygens (including phenoxy) is 2. The molecule has 1 amide bonds. The van der Waals surface area contributed by atoms with E-state index in [9.17, 15) is 14.3 Å².